The van der Waals surface area contributed by atoms with Gasteiger partial charge in [-0.2, -0.15) is 5.10 Å². The third-order valence-corrected chi connectivity index (χ3v) is 5.12. The summed E-state index contributed by atoms with van der Waals surface area (Å²) in [4.78, 5) is 26.0. The summed E-state index contributed by atoms with van der Waals surface area (Å²) in [5, 5.41) is 7.34. The number of hydrogen-bond donors (Lipinski definition) is 1. The number of benzene rings is 2. The van der Waals surface area contributed by atoms with Crippen molar-refractivity contribution in [2.24, 2.45) is 15.9 Å². The van der Waals surface area contributed by atoms with E-state index in [4.69, 9.17) is 15.2 Å². The van der Waals surface area contributed by atoms with E-state index in [9.17, 15) is 9.59 Å². The average molecular weight is 396 g/mol. The zero-order chi connectivity index (χ0) is 19.5. The second-order valence-corrected chi connectivity index (χ2v) is 7.23. The van der Waals surface area contributed by atoms with Gasteiger partial charge in [-0.3, -0.25) is 9.59 Å². The number of amidine groups is 1. The van der Waals surface area contributed by atoms with Crippen LogP contribution in [0.2, 0.25) is 0 Å². The van der Waals surface area contributed by atoms with Crippen molar-refractivity contribution in [2.75, 3.05) is 11.7 Å². The van der Waals surface area contributed by atoms with Crippen molar-refractivity contribution >= 4 is 40.6 Å². The number of amides is 2. The van der Waals surface area contributed by atoms with Crippen molar-refractivity contribution in [2.45, 2.75) is 11.7 Å². The minimum atomic E-state index is -0.614. The number of para-hydroxylation sites is 1. The summed E-state index contributed by atoms with van der Waals surface area (Å²) < 4.78 is 10.5. The molecule has 1 saturated heterocycles. The van der Waals surface area contributed by atoms with Crippen molar-refractivity contribution in [3.8, 4) is 11.5 Å². The minimum absolute atomic E-state index is 0.0699. The molecule has 2 heterocycles. The normalized spacial score (nSPS) is 19.1. The Labute approximate surface area is 165 Å². The molecule has 2 aromatic carbocycles. The lowest BCUT2D eigenvalue weighted by atomic mass is 10.2. The fourth-order valence-electron chi connectivity index (χ4n) is 2.86. The van der Waals surface area contributed by atoms with Crippen LogP contribution in [0.5, 0.6) is 11.5 Å². The van der Waals surface area contributed by atoms with Crippen molar-refractivity contribution < 1.29 is 19.1 Å². The van der Waals surface area contributed by atoms with Crippen LogP contribution in [-0.2, 0) is 9.59 Å². The van der Waals surface area contributed by atoms with Gasteiger partial charge >= 0.3 is 0 Å². The van der Waals surface area contributed by atoms with Crippen LogP contribution >= 0.6 is 11.8 Å². The molecule has 1 unspecified atom stereocenters. The molecule has 2 aromatic rings. The molecule has 2 aliphatic heterocycles. The van der Waals surface area contributed by atoms with Gasteiger partial charge in [0.05, 0.1) is 11.9 Å². The topological polar surface area (TPSA) is 107 Å². The number of anilines is 1. The van der Waals surface area contributed by atoms with E-state index >= 15 is 0 Å². The van der Waals surface area contributed by atoms with E-state index in [0.29, 0.717) is 17.2 Å². The third kappa shape index (κ3) is 3.70. The molecule has 2 N–H and O–H groups in total. The first kappa shape index (κ1) is 18.1. The molecular formula is C19H16N4O4S. The summed E-state index contributed by atoms with van der Waals surface area (Å²) in [6.07, 6.45) is 1.59. The monoisotopic (exact) mass is 396 g/mol. The standard InChI is InChI=1S/C19H16N4O4S/c20-19(22-21-10-12-6-7-14-15(8-12)27-11-26-14)28-16-9-17(24)23(18(16)25)13-4-2-1-3-5-13/h1-8,10,16H,9,11H2,(H2,20,22)/b21-10+. The predicted molar refractivity (Wildman–Crippen MR) is 107 cm³/mol. The highest BCUT2D eigenvalue weighted by molar-refractivity contribution is 8.14. The number of fused-ring (bicyclic) bond motifs is 1. The van der Waals surface area contributed by atoms with Crippen LogP contribution in [0.25, 0.3) is 0 Å². The highest BCUT2D eigenvalue weighted by Gasteiger charge is 2.40. The van der Waals surface area contributed by atoms with Gasteiger partial charge in [0.25, 0.3) is 0 Å². The Bertz CT molecular complexity index is 977. The number of ether oxygens (including phenoxy) is 2. The maximum Gasteiger partial charge on any atom is 0.247 e. The van der Waals surface area contributed by atoms with Crippen LogP contribution in [0, 0.1) is 0 Å². The molecule has 2 aliphatic rings. The molecule has 9 heteroatoms. The van der Waals surface area contributed by atoms with Crippen LogP contribution in [-0.4, -0.2) is 35.2 Å². The van der Waals surface area contributed by atoms with Gasteiger partial charge in [-0.25, -0.2) is 4.90 Å². The zero-order valence-electron chi connectivity index (χ0n) is 14.6. The van der Waals surface area contributed by atoms with Crippen LogP contribution in [0.4, 0.5) is 5.69 Å². The lowest BCUT2D eigenvalue weighted by Crippen LogP contribution is -2.31. The lowest BCUT2D eigenvalue weighted by Gasteiger charge is -2.14. The summed E-state index contributed by atoms with van der Waals surface area (Å²) in [6.45, 7) is 0.200. The largest absolute Gasteiger partial charge is 0.454 e. The van der Waals surface area contributed by atoms with E-state index in [-0.39, 0.29) is 30.2 Å². The Morgan fingerprint density at radius 2 is 1.93 bits per heavy atom. The highest BCUT2D eigenvalue weighted by Crippen LogP contribution is 2.32. The number of thioether (sulfide) groups is 1. The molecule has 0 spiro atoms. The third-order valence-electron chi connectivity index (χ3n) is 4.14. The lowest BCUT2D eigenvalue weighted by molar-refractivity contribution is -0.121. The van der Waals surface area contributed by atoms with Crippen LogP contribution in [0.1, 0.15) is 12.0 Å². The first-order valence-corrected chi connectivity index (χ1v) is 9.34. The first-order valence-electron chi connectivity index (χ1n) is 8.46. The number of nitrogens with two attached hydrogens (primary N) is 1. The van der Waals surface area contributed by atoms with E-state index < -0.39 is 5.25 Å². The number of carbonyl (C=O) groups excluding carboxylic acids is 2. The number of imide groups is 1. The van der Waals surface area contributed by atoms with Gasteiger partial charge in [-0.05, 0) is 35.9 Å². The summed E-state index contributed by atoms with van der Waals surface area (Å²) in [6, 6.07) is 14.2. The minimum Gasteiger partial charge on any atom is -0.454 e. The molecule has 142 valence electrons. The van der Waals surface area contributed by atoms with Gasteiger partial charge < -0.3 is 15.2 Å². The molecule has 2 amide bonds. The number of nitrogens with zero attached hydrogens (tertiary/aromatic N) is 3. The van der Waals surface area contributed by atoms with Gasteiger partial charge in [-0.15, -0.1) is 5.10 Å². The molecule has 0 aliphatic carbocycles. The molecule has 1 atom stereocenters. The van der Waals surface area contributed by atoms with E-state index in [1.165, 1.54) is 11.1 Å². The Balaban J connectivity index is 1.40. The molecule has 8 nitrogen and oxygen atoms in total. The molecule has 0 saturated carbocycles. The maximum absolute atomic E-state index is 12.6. The second-order valence-electron chi connectivity index (χ2n) is 6.01. The maximum atomic E-state index is 12.6. The molecule has 0 radical (unpaired) electrons. The molecule has 0 bridgehead atoms. The summed E-state index contributed by atoms with van der Waals surface area (Å²) in [5.41, 5.74) is 7.20. The van der Waals surface area contributed by atoms with Gasteiger partial charge in [0.2, 0.25) is 18.6 Å². The van der Waals surface area contributed by atoms with Gasteiger partial charge in [0.1, 0.15) is 5.25 Å². The summed E-state index contributed by atoms with van der Waals surface area (Å²) in [5.74, 6) is 0.763. The Morgan fingerprint density at radius 3 is 2.75 bits per heavy atom. The Hall–Kier alpha value is -3.33. The zero-order valence-corrected chi connectivity index (χ0v) is 15.5. The Kier molecular flexibility index (Phi) is 4.98. The molecule has 0 aromatic heterocycles. The average Bonchev–Trinajstić information content (AvgIpc) is 3.26. The van der Waals surface area contributed by atoms with Crippen molar-refractivity contribution in [3.63, 3.8) is 0 Å². The van der Waals surface area contributed by atoms with E-state index in [0.717, 1.165) is 17.3 Å². The van der Waals surface area contributed by atoms with Crippen LogP contribution in [0.3, 0.4) is 0 Å². The molecular weight excluding hydrogens is 380 g/mol. The van der Waals surface area contributed by atoms with Gasteiger partial charge in [-0.1, -0.05) is 30.0 Å². The van der Waals surface area contributed by atoms with E-state index in [1.54, 1.807) is 36.4 Å². The van der Waals surface area contributed by atoms with Gasteiger partial charge in [0, 0.05) is 6.42 Å². The molecule has 1 fully saturated rings. The number of carbonyl (C=O) groups is 2. The predicted octanol–water partition coefficient (Wildman–Crippen LogP) is 2.13. The quantitative estimate of drug-likeness (QED) is 0.367. The van der Waals surface area contributed by atoms with Crippen molar-refractivity contribution in [1.29, 1.82) is 0 Å². The summed E-state index contributed by atoms with van der Waals surface area (Å²) in [7, 11) is 0. The second kappa shape index (κ2) is 7.73. The first-order chi connectivity index (χ1) is 13.6. The summed E-state index contributed by atoms with van der Waals surface area (Å²) >= 11 is 1.03. The van der Waals surface area contributed by atoms with Crippen molar-refractivity contribution in [1.82, 2.24) is 0 Å². The Morgan fingerprint density at radius 1 is 1.14 bits per heavy atom. The van der Waals surface area contributed by atoms with Crippen LogP contribution in [0.15, 0.2) is 58.7 Å². The SMILES string of the molecule is N/C(=N\N=C\c1ccc2c(c1)OCO2)SC1CC(=O)N(c2ccccc2)C1=O. The van der Waals surface area contributed by atoms with Crippen molar-refractivity contribution in [3.05, 3.63) is 54.1 Å². The molecule has 28 heavy (non-hydrogen) atoms. The van der Waals surface area contributed by atoms with E-state index in [1.807, 2.05) is 12.1 Å². The number of hydrogen-bond acceptors (Lipinski definition) is 7. The highest BCUT2D eigenvalue weighted by atomic mass is 32.2. The smallest absolute Gasteiger partial charge is 0.247 e. The van der Waals surface area contributed by atoms with E-state index in [2.05, 4.69) is 10.2 Å². The fourth-order valence-corrected chi connectivity index (χ4v) is 3.68. The van der Waals surface area contributed by atoms with Crippen LogP contribution < -0.4 is 20.1 Å². The molecule has 4 rings (SSSR count). The number of rotatable bonds is 4. The van der Waals surface area contributed by atoms with Gasteiger partial charge in [0.15, 0.2) is 16.7 Å². The fraction of sp³-hybridized carbons (Fsp3) is 0.158.